The van der Waals surface area contributed by atoms with Crippen molar-refractivity contribution in [3.05, 3.63) is 24.3 Å². The van der Waals surface area contributed by atoms with Crippen molar-refractivity contribution in [2.45, 2.75) is 12.6 Å². The third-order valence-corrected chi connectivity index (χ3v) is 3.06. The normalized spacial score (nSPS) is 20.1. The van der Waals surface area contributed by atoms with Gasteiger partial charge in [-0.05, 0) is 12.1 Å². The van der Waals surface area contributed by atoms with Crippen molar-refractivity contribution in [3.8, 4) is 11.7 Å². The molecule has 3 rings (SSSR count). The first-order valence-electron chi connectivity index (χ1n) is 6.15. The molecule has 0 bridgehead atoms. The van der Waals surface area contributed by atoms with Crippen LogP contribution in [0.3, 0.4) is 0 Å². The summed E-state index contributed by atoms with van der Waals surface area (Å²) >= 11 is 0. The number of hydrogen-bond donors (Lipinski definition) is 1. The van der Waals surface area contributed by atoms with Gasteiger partial charge in [-0.2, -0.15) is 0 Å². The minimum Gasteiger partial charge on any atom is -0.480 e. The maximum Gasteiger partial charge on any atom is 0.323 e. The molecule has 1 fully saturated rings. The highest BCUT2D eigenvalue weighted by Gasteiger charge is 2.30. The molecule has 8 heteroatoms. The van der Waals surface area contributed by atoms with Gasteiger partial charge in [-0.15, -0.1) is 10.2 Å². The van der Waals surface area contributed by atoms with E-state index < -0.39 is 12.0 Å². The van der Waals surface area contributed by atoms with Crippen molar-refractivity contribution in [3.63, 3.8) is 0 Å². The van der Waals surface area contributed by atoms with Gasteiger partial charge in [0.05, 0.1) is 26.0 Å². The molecule has 1 aliphatic rings. The van der Waals surface area contributed by atoms with Crippen molar-refractivity contribution in [1.82, 2.24) is 15.1 Å². The molecule has 8 nitrogen and oxygen atoms in total. The summed E-state index contributed by atoms with van der Waals surface area (Å²) < 4.78 is 15.8. The Hall–Kier alpha value is -2.19. The summed E-state index contributed by atoms with van der Waals surface area (Å²) in [5, 5.41) is 16.9. The second-order valence-corrected chi connectivity index (χ2v) is 4.38. The third kappa shape index (κ3) is 2.56. The highest BCUT2D eigenvalue weighted by Crippen LogP contribution is 2.19. The van der Waals surface area contributed by atoms with E-state index in [1.807, 2.05) is 0 Å². The van der Waals surface area contributed by atoms with Gasteiger partial charge in [-0.25, -0.2) is 0 Å². The van der Waals surface area contributed by atoms with Gasteiger partial charge in [0.25, 0.3) is 5.89 Å². The minimum atomic E-state index is -0.921. The monoisotopic (exact) mass is 279 g/mol. The Bertz CT molecular complexity index is 580. The number of ether oxygens (including phenoxy) is 1. The van der Waals surface area contributed by atoms with Crippen LogP contribution in [0.4, 0.5) is 0 Å². The van der Waals surface area contributed by atoms with E-state index in [0.717, 1.165) is 0 Å². The molecule has 1 N–H and O–H groups in total. The highest BCUT2D eigenvalue weighted by molar-refractivity contribution is 5.73. The molecule has 0 aromatic carbocycles. The van der Waals surface area contributed by atoms with Crippen LogP contribution in [0.15, 0.2) is 27.2 Å². The molecule has 0 spiro atoms. The van der Waals surface area contributed by atoms with Gasteiger partial charge in [0.15, 0.2) is 5.76 Å². The lowest BCUT2D eigenvalue weighted by Gasteiger charge is -2.31. The Morgan fingerprint density at radius 1 is 1.50 bits per heavy atom. The van der Waals surface area contributed by atoms with Crippen LogP contribution in [0, 0.1) is 0 Å². The maximum absolute atomic E-state index is 11.1. The van der Waals surface area contributed by atoms with E-state index in [1.54, 1.807) is 17.0 Å². The van der Waals surface area contributed by atoms with E-state index >= 15 is 0 Å². The number of rotatable bonds is 4. The van der Waals surface area contributed by atoms with Gasteiger partial charge in [0.2, 0.25) is 5.89 Å². The first kappa shape index (κ1) is 12.8. The number of furan rings is 1. The van der Waals surface area contributed by atoms with Crippen molar-refractivity contribution in [1.29, 1.82) is 0 Å². The molecule has 0 saturated carbocycles. The quantitative estimate of drug-likeness (QED) is 0.868. The van der Waals surface area contributed by atoms with Crippen molar-refractivity contribution >= 4 is 5.97 Å². The van der Waals surface area contributed by atoms with Crippen LogP contribution in [0.5, 0.6) is 0 Å². The van der Waals surface area contributed by atoms with Gasteiger partial charge in [-0.1, -0.05) is 0 Å². The summed E-state index contributed by atoms with van der Waals surface area (Å²) in [4.78, 5) is 12.9. The number of aromatic nitrogens is 2. The zero-order chi connectivity index (χ0) is 13.9. The molecule has 20 heavy (non-hydrogen) atoms. The minimum absolute atomic E-state index is 0.161. The van der Waals surface area contributed by atoms with E-state index in [-0.39, 0.29) is 19.0 Å². The number of nitrogens with zero attached hydrogens (tertiary/aromatic N) is 3. The van der Waals surface area contributed by atoms with Crippen LogP contribution < -0.4 is 0 Å². The Morgan fingerprint density at radius 3 is 3.15 bits per heavy atom. The lowest BCUT2D eigenvalue weighted by Crippen LogP contribution is -2.49. The number of carboxylic acid groups (broad SMARTS) is 1. The highest BCUT2D eigenvalue weighted by atomic mass is 16.5. The zero-order valence-electron chi connectivity index (χ0n) is 10.6. The van der Waals surface area contributed by atoms with E-state index in [1.165, 1.54) is 6.26 Å². The molecule has 1 aliphatic heterocycles. The predicted octanol–water partition coefficient (Wildman–Crippen LogP) is 0.615. The van der Waals surface area contributed by atoms with Gasteiger partial charge < -0.3 is 18.7 Å². The Morgan fingerprint density at radius 2 is 2.40 bits per heavy atom. The Kier molecular flexibility index (Phi) is 3.48. The second-order valence-electron chi connectivity index (χ2n) is 4.38. The van der Waals surface area contributed by atoms with Crippen LogP contribution in [0.2, 0.25) is 0 Å². The van der Waals surface area contributed by atoms with Crippen molar-refractivity contribution in [2.24, 2.45) is 0 Å². The summed E-state index contributed by atoms with van der Waals surface area (Å²) in [5.74, 6) is 0.200. The summed E-state index contributed by atoms with van der Waals surface area (Å²) in [6.45, 7) is 1.43. The van der Waals surface area contributed by atoms with E-state index in [9.17, 15) is 4.79 Å². The lowest BCUT2D eigenvalue weighted by molar-refractivity contribution is -0.150. The first-order valence-corrected chi connectivity index (χ1v) is 6.15. The smallest absolute Gasteiger partial charge is 0.323 e. The molecule has 0 radical (unpaired) electrons. The lowest BCUT2D eigenvalue weighted by atomic mass is 10.2. The van der Waals surface area contributed by atoms with Crippen molar-refractivity contribution < 1.29 is 23.5 Å². The fourth-order valence-corrected chi connectivity index (χ4v) is 2.05. The van der Waals surface area contributed by atoms with Crippen LogP contribution in [-0.4, -0.2) is 52.0 Å². The molecule has 0 amide bonds. The van der Waals surface area contributed by atoms with E-state index in [0.29, 0.717) is 24.8 Å². The van der Waals surface area contributed by atoms with Crippen LogP contribution in [0.1, 0.15) is 5.89 Å². The number of morpholine rings is 1. The predicted molar refractivity (Wildman–Crippen MR) is 64.7 cm³/mol. The molecule has 106 valence electrons. The Balaban J connectivity index is 1.72. The molecular formula is C12H13N3O5. The molecule has 0 aliphatic carbocycles. The summed E-state index contributed by atoms with van der Waals surface area (Å²) in [6.07, 6.45) is 1.52. The molecule has 3 heterocycles. The average molecular weight is 279 g/mol. The topological polar surface area (TPSA) is 102 Å². The Labute approximate surface area is 113 Å². The van der Waals surface area contributed by atoms with Gasteiger partial charge in [0.1, 0.15) is 6.04 Å². The average Bonchev–Trinajstić information content (AvgIpc) is 3.09. The molecule has 1 unspecified atom stereocenters. The fourth-order valence-electron chi connectivity index (χ4n) is 2.05. The number of aliphatic carboxylic acids is 1. The summed E-state index contributed by atoms with van der Waals surface area (Å²) in [7, 11) is 0. The van der Waals surface area contributed by atoms with E-state index in [2.05, 4.69) is 10.2 Å². The van der Waals surface area contributed by atoms with Gasteiger partial charge in [0, 0.05) is 6.54 Å². The summed E-state index contributed by atoms with van der Waals surface area (Å²) in [6, 6.07) is 2.75. The van der Waals surface area contributed by atoms with Crippen LogP contribution in [-0.2, 0) is 16.1 Å². The number of carboxylic acids is 1. The van der Waals surface area contributed by atoms with Gasteiger partial charge in [-0.3, -0.25) is 9.69 Å². The molecule has 1 saturated heterocycles. The summed E-state index contributed by atoms with van der Waals surface area (Å²) in [5.41, 5.74) is 0. The standard InChI is InChI=1S/C12H13N3O5/c16-12(17)8-7-18-5-3-15(8)6-10-13-14-11(20-10)9-2-1-4-19-9/h1-2,4,8H,3,5-7H2,(H,16,17). The third-order valence-electron chi connectivity index (χ3n) is 3.06. The number of hydrogen-bond acceptors (Lipinski definition) is 7. The second kappa shape index (κ2) is 5.43. The molecule has 2 aromatic rings. The van der Waals surface area contributed by atoms with E-state index in [4.69, 9.17) is 18.7 Å². The zero-order valence-corrected chi connectivity index (χ0v) is 10.6. The fraction of sp³-hybridized carbons (Fsp3) is 0.417. The first-order chi connectivity index (χ1) is 9.74. The molecule has 2 aromatic heterocycles. The largest absolute Gasteiger partial charge is 0.480 e. The van der Waals surface area contributed by atoms with Gasteiger partial charge >= 0.3 is 5.97 Å². The SMILES string of the molecule is O=C(O)C1COCCN1Cc1nnc(-c2ccco2)o1. The van der Waals surface area contributed by atoms with Crippen LogP contribution in [0.25, 0.3) is 11.7 Å². The van der Waals surface area contributed by atoms with Crippen molar-refractivity contribution in [2.75, 3.05) is 19.8 Å². The molecule has 1 atom stereocenters. The molecular weight excluding hydrogens is 266 g/mol. The maximum atomic E-state index is 11.1. The number of carbonyl (C=O) groups is 1. The van der Waals surface area contributed by atoms with Crippen LogP contribution >= 0.6 is 0 Å².